The second kappa shape index (κ2) is 8.70. The Hall–Kier alpha value is -2.14. The smallest absolute Gasteiger partial charge is 0.207 e. The Kier molecular flexibility index (Phi) is 6.32. The number of methoxy groups -OCH3 is 1. The van der Waals surface area contributed by atoms with Crippen LogP contribution in [0.15, 0.2) is 28.2 Å². The molecule has 1 aromatic carbocycles. The van der Waals surface area contributed by atoms with Gasteiger partial charge in [-0.2, -0.15) is 15.2 Å². The Balaban J connectivity index is 2.19. The van der Waals surface area contributed by atoms with Crippen molar-refractivity contribution in [2.75, 3.05) is 13.7 Å². The number of rotatable bonds is 4. The van der Waals surface area contributed by atoms with Crippen LogP contribution in [0.4, 0.5) is 0 Å². The highest BCUT2D eigenvalue weighted by atomic mass is 35.5. The van der Waals surface area contributed by atoms with Gasteiger partial charge < -0.3 is 14.0 Å². The van der Waals surface area contributed by atoms with E-state index in [1.165, 1.54) is 10.6 Å². The molecule has 0 N–H and O–H groups in total. The summed E-state index contributed by atoms with van der Waals surface area (Å²) < 4.78 is 13.2. The quantitative estimate of drug-likeness (QED) is 0.442. The van der Waals surface area contributed by atoms with Crippen molar-refractivity contribution in [2.45, 2.75) is 33.4 Å². The van der Waals surface area contributed by atoms with Crippen LogP contribution in [0.1, 0.15) is 30.0 Å². The van der Waals surface area contributed by atoms with Gasteiger partial charge in [-0.15, -0.1) is 0 Å². The summed E-state index contributed by atoms with van der Waals surface area (Å²) in [5, 5.41) is 9.72. The Labute approximate surface area is 167 Å². The Bertz CT molecular complexity index is 969. The fourth-order valence-corrected chi connectivity index (χ4v) is 4.28. The van der Waals surface area contributed by atoms with Crippen molar-refractivity contribution in [3.8, 4) is 11.9 Å². The normalized spacial score (nSPS) is 15.0. The third-order valence-electron chi connectivity index (χ3n) is 4.12. The van der Waals surface area contributed by atoms with Crippen LogP contribution in [0, 0.1) is 17.4 Å². The van der Waals surface area contributed by atoms with Crippen molar-refractivity contribution < 1.29 is 9.47 Å². The van der Waals surface area contributed by atoms with Crippen LogP contribution in [0.5, 0.6) is 5.75 Å². The third-order valence-corrected chi connectivity index (χ3v) is 5.45. The minimum Gasteiger partial charge on any atom is -0.496 e. The molecule has 1 aromatic heterocycles. The molecule has 0 fully saturated rings. The molecule has 0 atom stereocenters. The number of aliphatic imine (C=N–C) groups is 1. The molecule has 2 aromatic rings. The van der Waals surface area contributed by atoms with Gasteiger partial charge in [0.2, 0.25) is 6.19 Å². The zero-order valence-corrected chi connectivity index (χ0v) is 17.1. The first kappa shape index (κ1) is 19.6. The van der Waals surface area contributed by atoms with Gasteiger partial charge in [0.15, 0.2) is 10.6 Å². The third kappa shape index (κ3) is 4.41. The van der Waals surface area contributed by atoms with Gasteiger partial charge >= 0.3 is 0 Å². The van der Waals surface area contributed by atoms with Gasteiger partial charge in [-0.05, 0) is 24.1 Å². The first-order valence-corrected chi connectivity index (χ1v) is 9.87. The zero-order chi connectivity index (χ0) is 19.4. The van der Waals surface area contributed by atoms with Crippen molar-refractivity contribution in [1.82, 2.24) is 4.57 Å². The lowest BCUT2D eigenvalue weighted by molar-refractivity contribution is 0.110. The summed E-state index contributed by atoms with van der Waals surface area (Å²) in [6.07, 6.45) is 2.71. The Morgan fingerprint density at radius 3 is 3.00 bits per heavy atom. The van der Waals surface area contributed by atoms with Gasteiger partial charge in [-0.3, -0.25) is 0 Å². The fourth-order valence-electron chi connectivity index (χ4n) is 2.99. The molecule has 1 aliphatic heterocycles. The van der Waals surface area contributed by atoms with Gasteiger partial charge in [0.1, 0.15) is 5.75 Å². The second-order valence-corrected chi connectivity index (χ2v) is 8.05. The number of nitrogens with zero attached hydrogens (tertiary/aromatic N) is 4. The number of amidine groups is 1. The number of nitriles is 1. The molecule has 142 valence electrons. The van der Waals surface area contributed by atoms with E-state index in [1.807, 2.05) is 6.19 Å². The van der Waals surface area contributed by atoms with Crippen LogP contribution in [-0.4, -0.2) is 24.1 Å². The molecule has 0 saturated heterocycles. The number of thiazole rings is 1. The van der Waals surface area contributed by atoms with Crippen molar-refractivity contribution in [2.24, 2.45) is 15.9 Å². The topological polar surface area (TPSA) is 71.9 Å². The zero-order valence-electron chi connectivity index (χ0n) is 15.5. The maximum absolute atomic E-state index is 9.19. The average molecular weight is 405 g/mol. The van der Waals surface area contributed by atoms with Gasteiger partial charge in [0.25, 0.3) is 0 Å². The van der Waals surface area contributed by atoms with Crippen LogP contribution in [-0.2, 0) is 24.3 Å². The molecule has 0 unspecified atom stereocenters. The molecule has 6 nitrogen and oxygen atoms in total. The number of hydrogen-bond acceptors (Lipinski definition) is 5. The van der Waals surface area contributed by atoms with Crippen molar-refractivity contribution in [1.29, 1.82) is 5.26 Å². The Morgan fingerprint density at radius 2 is 2.30 bits per heavy atom. The molecule has 0 radical (unpaired) electrons. The maximum Gasteiger partial charge on any atom is 0.207 e. The molecule has 0 amide bonds. The maximum atomic E-state index is 9.19. The monoisotopic (exact) mass is 404 g/mol. The lowest BCUT2D eigenvalue weighted by Crippen LogP contribution is -2.24. The predicted molar refractivity (Wildman–Crippen MR) is 106 cm³/mol. The number of ether oxygens (including phenoxy) is 2. The van der Waals surface area contributed by atoms with E-state index in [1.54, 1.807) is 36.6 Å². The minimum atomic E-state index is 0.286. The van der Waals surface area contributed by atoms with E-state index in [-0.39, 0.29) is 5.84 Å². The molecule has 0 aliphatic carbocycles. The van der Waals surface area contributed by atoms with E-state index in [4.69, 9.17) is 26.1 Å². The number of aromatic nitrogens is 1. The van der Waals surface area contributed by atoms with Gasteiger partial charge in [-0.1, -0.05) is 36.8 Å². The standard InChI is InChI=1S/C19H21ClN4O2S/c1-12(2)9-24-15-6-7-26-10-17(15)27-19(24)23-18(22-11-21)14-8-13(20)4-5-16(14)25-3/h4-5,8,12H,6-7,9-10H2,1-3H3/b22-18-,23-19-. The van der Waals surface area contributed by atoms with Gasteiger partial charge in [-0.25, -0.2) is 0 Å². The van der Waals surface area contributed by atoms with Crippen LogP contribution in [0.3, 0.4) is 0 Å². The lowest BCUT2D eigenvalue weighted by atomic mass is 10.2. The van der Waals surface area contributed by atoms with Crippen LogP contribution < -0.4 is 9.54 Å². The molecule has 27 heavy (non-hydrogen) atoms. The van der Waals surface area contributed by atoms with Crippen molar-refractivity contribution >= 4 is 28.8 Å². The fraction of sp³-hybridized carbons (Fsp3) is 0.421. The largest absolute Gasteiger partial charge is 0.496 e. The molecule has 3 rings (SSSR count). The van der Waals surface area contributed by atoms with E-state index in [0.717, 1.165) is 17.8 Å². The van der Waals surface area contributed by atoms with E-state index in [2.05, 4.69) is 23.4 Å². The highest BCUT2D eigenvalue weighted by Gasteiger charge is 2.19. The van der Waals surface area contributed by atoms with E-state index >= 15 is 0 Å². The summed E-state index contributed by atoms with van der Waals surface area (Å²) in [6.45, 7) is 6.49. The highest BCUT2D eigenvalue weighted by Crippen LogP contribution is 2.25. The molecular formula is C19H21ClN4O2S. The molecule has 2 heterocycles. The second-order valence-electron chi connectivity index (χ2n) is 6.55. The number of benzene rings is 1. The summed E-state index contributed by atoms with van der Waals surface area (Å²) in [5.41, 5.74) is 1.85. The van der Waals surface area contributed by atoms with Gasteiger partial charge in [0, 0.05) is 23.7 Å². The number of fused-ring (bicyclic) bond motifs is 1. The molecule has 8 heteroatoms. The SMILES string of the molecule is COc1ccc(Cl)cc1C(=N/C#N)/N=c1\sc2c(n1CC(C)C)CCOC2. The van der Waals surface area contributed by atoms with Crippen LogP contribution in [0.2, 0.25) is 5.02 Å². The van der Waals surface area contributed by atoms with E-state index in [9.17, 15) is 5.26 Å². The summed E-state index contributed by atoms with van der Waals surface area (Å²) in [5.74, 6) is 1.31. The molecule has 0 spiro atoms. The predicted octanol–water partition coefficient (Wildman–Crippen LogP) is 3.77. The molecular weight excluding hydrogens is 384 g/mol. The van der Waals surface area contributed by atoms with Crippen molar-refractivity contribution in [3.63, 3.8) is 0 Å². The summed E-state index contributed by atoms with van der Waals surface area (Å²) in [7, 11) is 1.57. The Morgan fingerprint density at radius 1 is 1.48 bits per heavy atom. The lowest BCUT2D eigenvalue weighted by Gasteiger charge is -2.16. The van der Waals surface area contributed by atoms with Gasteiger partial charge in [0.05, 0.1) is 30.8 Å². The van der Waals surface area contributed by atoms with Crippen molar-refractivity contribution in [3.05, 3.63) is 44.2 Å². The number of halogens is 1. The van der Waals surface area contributed by atoms with Crippen LogP contribution in [0.25, 0.3) is 0 Å². The molecule has 0 saturated carbocycles. The summed E-state index contributed by atoms with van der Waals surface area (Å²) >= 11 is 7.73. The molecule has 0 bridgehead atoms. The first-order valence-electron chi connectivity index (χ1n) is 8.68. The summed E-state index contributed by atoms with van der Waals surface area (Å²) in [4.78, 5) is 10.7. The summed E-state index contributed by atoms with van der Waals surface area (Å²) in [6, 6.07) is 5.19. The average Bonchev–Trinajstić information content (AvgIpc) is 2.98. The minimum absolute atomic E-state index is 0.286. The first-order chi connectivity index (χ1) is 13.0. The highest BCUT2D eigenvalue weighted by molar-refractivity contribution is 7.09. The number of hydrogen-bond donors (Lipinski definition) is 0. The van der Waals surface area contributed by atoms with Crippen LogP contribution >= 0.6 is 22.9 Å². The molecule has 1 aliphatic rings. The van der Waals surface area contributed by atoms with E-state index < -0.39 is 0 Å². The van der Waals surface area contributed by atoms with E-state index in [0.29, 0.717) is 35.5 Å².